The quantitative estimate of drug-likeness (QED) is 0.299. The Morgan fingerprint density at radius 1 is 1.27 bits per heavy atom. The Morgan fingerprint density at radius 3 is 2.77 bits per heavy atom. The Balaban J connectivity index is 2.26. The van der Waals surface area contributed by atoms with Crippen molar-refractivity contribution in [1.29, 1.82) is 0 Å². The predicted octanol–water partition coefficient (Wildman–Crippen LogP) is 3.77. The third kappa shape index (κ3) is 3.99. The van der Waals surface area contributed by atoms with Crippen LogP contribution in [0.25, 0.3) is 0 Å². The van der Waals surface area contributed by atoms with Crippen LogP contribution in [0.15, 0.2) is 47.6 Å². The lowest BCUT2D eigenvalue weighted by Crippen LogP contribution is -2.09. The molecule has 0 bridgehead atoms. The molecule has 5 nitrogen and oxygen atoms in total. The number of benzene rings is 2. The number of halogens is 1. The molecule has 0 aliphatic carbocycles. The van der Waals surface area contributed by atoms with Gasteiger partial charge in [0.1, 0.15) is 0 Å². The second-order valence-electron chi connectivity index (χ2n) is 4.28. The summed E-state index contributed by atoms with van der Waals surface area (Å²) in [5.74, 6) is 0.129. The Bertz CT molecular complexity index is 700. The summed E-state index contributed by atoms with van der Waals surface area (Å²) in [6.07, 6.45) is 1.26. The van der Waals surface area contributed by atoms with Crippen molar-refractivity contribution in [1.82, 2.24) is 0 Å². The van der Waals surface area contributed by atoms with Gasteiger partial charge in [0.05, 0.1) is 18.4 Å². The summed E-state index contributed by atoms with van der Waals surface area (Å²) in [5.41, 5.74) is 0.962. The monoisotopic (exact) mass is 319 g/mol. The van der Waals surface area contributed by atoms with Crippen LogP contribution in [0.4, 0.5) is 0 Å². The highest BCUT2D eigenvalue weighted by Crippen LogP contribution is 2.29. The van der Waals surface area contributed by atoms with Crippen LogP contribution in [0.3, 0.4) is 0 Å². The van der Waals surface area contributed by atoms with Gasteiger partial charge in [0.25, 0.3) is 0 Å². The number of carbonyl (C=O) groups excluding carboxylic acids is 1. The molecule has 0 aliphatic rings. The van der Waals surface area contributed by atoms with E-state index in [9.17, 15) is 4.79 Å². The normalized spacial score (nSPS) is 10.6. The van der Waals surface area contributed by atoms with Gasteiger partial charge in [-0.05, 0) is 43.3 Å². The molecule has 0 saturated heterocycles. The van der Waals surface area contributed by atoms with Gasteiger partial charge in [0, 0.05) is 10.6 Å². The molecule has 0 heterocycles. The standard InChI is InChI=1S/C16H14ClNO4/c1-2-21-15-8-11(10-18-20)6-7-14(15)22-16(19)12-4-3-5-13(17)9-12/h3-10,20H,2H2,1H3/b18-10+. The van der Waals surface area contributed by atoms with Crippen molar-refractivity contribution < 1.29 is 19.5 Å². The number of hydrogen-bond acceptors (Lipinski definition) is 5. The third-order valence-corrected chi connectivity index (χ3v) is 2.97. The average Bonchev–Trinajstić information content (AvgIpc) is 2.50. The molecule has 2 aromatic rings. The summed E-state index contributed by atoms with van der Waals surface area (Å²) in [4.78, 5) is 12.1. The van der Waals surface area contributed by atoms with Gasteiger partial charge in [-0.3, -0.25) is 0 Å². The lowest BCUT2D eigenvalue weighted by atomic mass is 10.2. The third-order valence-electron chi connectivity index (χ3n) is 2.74. The largest absolute Gasteiger partial charge is 0.490 e. The molecule has 6 heteroatoms. The summed E-state index contributed by atoms with van der Waals surface area (Å²) in [5, 5.41) is 12.0. The van der Waals surface area contributed by atoms with E-state index in [1.807, 2.05) is 6.92 Å². The number of nitrogens with zero attached hydrogens (tertiary/aromatic N) is 1. The van der Waals surface area contributed by atoms with Crippen LogP contribution in [0, 0.1) is 0 Å². The molecular weight excluding hydrogens is 306 g/mol. The topological polar surface area (TPSA) is 68.1 Å². The zero-order valence-corrected chi connectivity index (χ0v) is 12.6. The van der Waals surface area contributed by atoms with E-state index in [0.717, 1.165) is 0 Å². The molecule has 0 atom stereocenters. The smallest absolute Gasteiger partial charge is 0.343 e. The fourth-order valence-corrected chi connectivity index (χ4v) is 1.99. The molecule has 0 fully saturated rings. The summed E-state index contributed by atoms with van der Waals surface area (Å²) in [7, 11) is 0. The maximum Gasteiger partial charge on any atom is 0.343 e. The molecule has 0 spiro atoms. The lowest BCUT2D eigenvalue weighted by molar-refractivity contribution is 0.0728. The van der Waals surface area contributed by atoms with Crippen LogP contribution in [-0.4, -0.2) is 24.0 Å². The first kappa shape index (κ1) is 15.9. The minimum absolute atomic E-state index is 0.280. The van der Waals surface area contributed by atoms with E-state index in [1.54, 1.807) is 36.4 Å². The van der Waals surface area contributed by atoms with Gasteiger partial charge in [-0.2, -0.15) is 0 Å². The number of esters is 1. The first-order valence-corrected chi connectivity index (χ1v) is 6.94. The highest BCUT2D eigenvalue weighted by Gasteiger charge is 2.13. The Hall–Kier alpha value is -2.53. The number of carbonyl (C=O) groups is 1. The van der Waals surface area contributed by atoms with Gasteiger partial charge in [0.2, 0.25) is 0 Å². The molecular formula is C16H14ClNO4. The van der Waals surface area contributed by atoms with Crippen LogP contribution >= 0.6 is 11.6 Å². The van der Waals surface area contributed by atoms with Crippen molar-refractivity contribution in [3.8, 4) is 11.5 Å². The zero-order chi connectivity index (χ0) is 15.9. The number of ether oxygens (including phenoxy) is 2. The molecule has 0 unspecified atom stereocenters. The van der Waals surface area contributed by atoms with E-state index in [1.165, 1.54) is 12.3 Å². The summed E-state index contributed by atoms with van der Waals surface area (Å²) >= 11 is 5.86. The maximum atomic E-state index is 12.1. The highest BCUT2D eigenvalue weighted by molar-refractivity contribution is 6.30. The second kappa shape index (κ2) is 7.47. The van der Waals surface area contributed by atoms with Gasteiger partial charge in [0.15, 0.2) is 11.5 Å². The van der Waals surface area contributed by atoms with Crippen molar-refractivity contribution in [2.24, 2.45) is 5.16 Å². The zero-order valence-electron chi connectivity index (χ0n) is 11.8. The number of oxime groups is 1. The van der Waals surface area contributed by atoms with E-state index >= 15 is 0 Å². The molecule has 0 radical (unpaired) electrons. The van der Waals surface area contributed by atoms with E-state index in [0.29, 0.717) is 28.5 Å². The van der Waals surface area contributed by atoms with E-state index in [2.05, 4.69) is 5.16 Å². The average molecular weight is 320 g/mol. The van der Waals surface area contributed by atoms with Gasteiger partial charge in [-0.25, -0.2) is 4.79 Å². The maximum absolute atomic E-state index is 12.1. The van der Waals surface area contributed by atoms with Crippen LogP contribution in [-0.2, 0) is 0 Å². The lowest BCUT2D eigenvalue weighted by Gasteiger charge is -2.11. The SMILES string of the molecule is CCOc1cc(/C=N/O)ccc1OC(=O)c1cccc(Cl)c1. The van der Waals surface area contributed by atoms with Crippen molar-refractivity contribution in [2.45, 2.75) is 6.92 Å². The molecule has 1 N–H and O–H groups in total. The van der Waals surface area contributed by atoms with Crippen molar-refractivity contribution in [3.05, 3.63) is 58.6 Å². The molecule has 2 aromatic carbocycles. The van der Waals surface area contributed by atoms with E-state index in [4.69, 9.17) is 26.3 Å². The fourth-order valence-electron chi connectivity index (χ4n) is 1.80. The Morgan fingerprint density at radius 2 is 2.09 bits per heavy atom. The number of rotatable bonds is 5. The van der Waals surface area contributed by atoms with Gasteiger partial charge >= 0.3 is 5.97 Å². The van der Waals surface area contributed by atoms with E-state index in [-0.39, 0.29) is 5.75 Å². The molecule has 2 rings (SSSR count). The van der Waals surface area contributed by atoms with Gasteiger partial charge < -0.3 is 14.7 Å². The van der Waals surface area contributed by atoms with Crippen molar-refractivity contribution >= 4 is 23.8 Å². The molecule has 0 amide bonds. The molecule has 0 saturated carbocycles. The summed E-state index contributed by atoms with van der Waals surface area (Å²) < 4.78 is 10.8. The highest BCUT2D eigenvalue weighted by atomic mass is 35.5. The molecule has 22 heavy (non-hydrogen) atoms. The minimum atomic E-state index is -0.535. The van der Waals surface area contributed by atoms with Crippen LogP contribution in [0.5, 0.6) is 11.5 Å². The molecule has 0 aromatic heterocycles. The Kier molecular flexibility index (Phi) is 5.38. The van der Waals surface area contributed by atoms with Crippen molar-refractivity contribution in [3.63, 3.8) is 0 Å². The number of hydrogen-bond donors (Lipinski definition) is 1. The summed E-state index contributed by atoms with van der Waals surface area (Å²) in [6, 6.07) is 11.3. The van der Waals surface area contributed by atoms with E-state index < -0.39 is 5.97 Å². The van der Waals surface area contributed by atoms with Crippen LogP contribution < -0.4 is 9.47 Å². The van der Waals surface area contributed by atoms with Crippen LogP contribution in [0.1, 0.15) is 22.8 Å². The van der Waals surface area contributed by atoms with Crippen LogP contribution in [0.2, 0.25) is 5.02 Å². The summed E-state index contributed by atoms with van der Waals surface area (Å²) in [6.45, 7) is 2.22. The first-order valence-electron chi connectivity index (χ1n) is 6.56. The fraction of sp³-hybridized carbons (Fsp3) is 0.125. The van der Waals surface area contributed by atoms with Crippen molar-refractivity contribution in [2.75, 3.05) is 6.61 Å². The minimum Gasteiger partial charge on any atom is -0.490 e. The first-order chi connectivity index (χ1) is 10.6. The Labute approximate surface area is 132 Å². The molecule has 0 aliphatic heterocycles. The van der Waals surface area contributed by atoms with Gasteiger partial charge in [-0.15, -0.1) is 0 Å². The second-order valence-corrected chi connectivity index (χ2v) is 4.72. The van der Waals surface area contributed by atoms with Gasteiger partial charge in [-0.1, -0.05) is 22.8 Å². The predicted molar refractivity (Wildman–Crippen MR) is 83.4 cm³/mol. The molecule has 114 valence electrons.